The molecule has 0 saturated heterocycles. The van der Waals surface area contributed by atoms with Crippen molar-refractivity contribution in [2.45, 2.75) is 51.9 Å². The second-order valence-electron chi connectivity index (χ2n) is 10.1. The summed E-state index contributed by atoms with van der Waals surface area (Å²) >= 11 is 0. The first kappa shape index (κ1) is 23.1. The molecule has 0 spiro atoms. The second kappa shape index (κ2) is 9.92. The van der Waals surface area contributed by atoms with Crippen molar-refractivity contribution < 1.29 is 0 Å². The van der Waals surface area contributed by atoms with Crippen LogP contribution < -0.4 is 0 Å². The third-order valence-corrected chi connectivity index (χ3v) is 6.96. The molecule has 5 rings (SSSR count). The number of rotatable bonds is 6. The van der Waals surface area contributed by atoms with E-state index in [2.05, 4.69) is 129 Å². The van der Waals surface area contributed by atoms with Crippen molar-refractivity contribution in [2.75, 3.05) is 0 Å². The zero-order chi connectivity index (χ0) is 24.4. The number of benzene rings is 3. The molecule has 1 aliphatic rings. The van der Waals surface area contributed by atoms with Gasteiger partial charge in [0.15, 0.2) is 0 Å². The lowest BCUT2D eigenvalue weighted by Crippen LogP contribution is -2.09. The van der Waals surface area contributed by atoms with Crippen LogP contribution in [0.1, 0.15) is 74.1 Å². The van der Waals surface area contributed by atoms with Crippen LogP contribution in [-0.4, -0.2) is 9.55 Å². The standard InChI is InChI=1S/C33H34N2/c1-23(2)30-21-29(28-17-11-16-27(20-28)25-12-7-5-8-13-25)22-31(24(3)4)32(30)35-19-18-34-33(35)26-14-9-6-10-15-26/h5-15,17-24,27H,16H2,1-4H3. The summed E-state index contributed by atoms with van der Waals surface area (Å²) in [5.41, 5.74) is 9.12. The summed E-state index contributed by atoms with van der Waals surface area (Å²) in [6.07, 6.45) is 12.2. The van der Waals surface area contributed by atoms with Crippen LogP contribution in [-0.2, 0) is 0 Å². The molecule has 1 heterocycles. The van der Waals surface area contributed by atoms with Gasteiger partial charge in [0.05, 0.1) is 5.69 Å². The third kappa shape index (κ3) is 4.66. The minimum absolute atomic E-state index is 0.381. The van der Waals surface area contributed by atoms with Crippen LogP contribution in [0.15, 0.2) is 103 Å². The average molecular weight is 459 g/mol. The van der Waals surface area contributed by atoms with Crippen molar-refractivity contribution >= 4 is 5.57 Å². The normalized spacial score (nSPS) is 15.6. The van der Waals surface area contributed by atoms with Crippen molar-refractivity contribution in [3.63, 3.8) is 0 Å². The fraction of sp³-hybridized carbons (Fsp3) is 0.242. The summed E-state index contributed by atoms with van der Waals surface area (Å²) in [6, 6.07) is 26.1. The van der Waals surface area contributed by atoms with Gasteiger partial charge < -0.3 is 0 Å². The second-order valence-corrected chi connectivity index (χ2v) is 10.1. The van der Waals surface area contributed by atoms with Gasteiger partial charge in [0.25, 0.3) is 0 Å². The minimum Gasteiger partial charge on any atom is -0.299 e. The lowest BCUT2D eigenvalue weighted by atomic mass is 9.84. The predicted molar refractivity (Wildman–Crippen MR) is 148 cm³/mol. The molecule has 1 atom stereocenters. The molecule has 0 amide bonds. The first-order valence-corrected chi connectivity index (χ1v) is 12.7. The molecule has 0 fully saturated rings. The van der Waals surface area contributed by atoms with E-state index in [0.717, 1.165) is 17.8 Å². The molecule has 2 heteroatoms. The Balaban J connectivity index is 1.66. The molecule has 2 nitrogen and oxygen atoms in total. The average Bonchev–Trinajstić information content (AvgIpc) is 3.38. The fourth-order valence-corrected chi connectivity index (χ4v) is 5.10. The molecule has 35 heavy (non-hydrogen) atoms. The maximum atomic E-state index is 4.76. The molecule has 176 valence electrons. The van der Waals surface area contributed by atoms with Crippen LogP contribution >= 0.6 is 0 Å². The minimum atomic E-state index is 0.381. The Labute approximate surface area is 209 Å². The van der Waals surface area contributed by atoms with Crippen molar-refractivity contribution in [1.29, 1.82) is 0 Å². The van der Waals surface area contributed by atoms with Crippen molar-refractivity contribution in [1.82, 2.24) is 9.55 Å². The van der Waals surface area contributed by atoms with Crippen LogP contribution in [0.2, 0.25) is 0 Å². The van der Waals surface area contributed by atoms with Gasteiger partial charge in [-0.1, -0.05) is 107 Å². The third-order valence-electron chi connectivity index (χ3n) is 6.96. The Hall–Kier alpha value is -3.65. The quantitative estimate of drug-likeness (QED) is 0.282. The summed E-state index contributed by atoms with van der Waals surface area (Å²) in [5, 5.41) is 0. The van der Waals surface area contributed by atoms with E-state index in [0.29, 0.717) is 17.8 Å². The van der Waals surface area contributed by atoms with Crippen LogP contribution in [0.3, 0.4) is 0 Å². The van der Waals surface area contributed by atoms with E-state index >= 15 is 0 Å². The number of hydrogen-bond acceptors (Lipinski definition) is 1. The van der Waals surface area contributed by atoms with Crippen LogP contribution in [0.25, 0.3) is 22.6 Å². The molecular weight excluding hydrogens is 424 g/mol. The number of allylic oxidation sites excluding steroid dienone is 4. The van der Waals surface area contributed by atoms with Crippen LogP contribution in [0.4, 0.5) is 0 Å². The molecule has 1 aliphatic carbocycles. The zero-order valence-corrected chi connectivity index (χ0v) is 21.1. The smallest absolute Gasteiger partial charge is 0.144 e. The highest BCUT2D eigenvalue weighted by Crippen LogP contribution is 2.39. The van der Waals surface area contributed by atoms with Crippen molar-refractivity contribution in [3.05, 3.63) is 126 Å². The van der Waals surface area contributed by atoms with Crippen molar-refractivity contribution in [2.24, 2.45) is 0 Å². The molecule has 0 radical (unpaired) electrons. The lowest BCUT2D eigenvalue weighted by molar-refractivity contribution is 0.805. The number of nitrogens with zero attached hydrogens (tertiary/aromatic N) is 2. The zero-order valence-electron chi connectivity index (χ0n) is 21.1. The van der Waals surface area contributed by atoms with E-state index < -0.39 is 0 Å². The Kier molecular flexibility index (Phi) is 6.55. The highest BCUT2D eigenvalue weighted by molar-refractivity contribution is 5.78. The SMILES string of the molecule is CC(C)c1cc(C2=CC(c3ccccc3)CC=C2)cc(C(C)C)c1-n1ccnc1-c1ccccc1. The van der Waals surface area contributed by atoms with Gasteiger partial charge in [-0.25, -0.2) is 4.98 Å². The van der Waals surface area contributed by atoms with Gasteiger partial charge in [0.2, 0.25) is 0 Å². The molecule has 0 aliphatic heterocycles. The van der Waals surface area contributed by atoms with Crippen molar-refractivity contribution in [3.8, 4) is 17.1 Å². The van der Waals surface area contributed by atoms with Gasteiger partial charge in [0.1, 0.15) is 5.82 Å². The monoisotopic (exact) mass is 458 g/mol. The lowest BCUT2D eigenvalue weighted by Gasteiger charge is -2.25. The van der Waals surface area contributed by atoms with Crippen LogP contribution in [0.5, 0.6) is 0 Å². The van der Waals surface area contributed by atoms with E-state index in [1.807, 2.05) is 6.20 Å². The predicted octanol–water partition coefficient (Wildman–Crippen LogP) is 8.91. The highest BCUT2D eigenvalue weighted by atomic mass is 15.1. The molecule has 3 aromatic carbocycles. The Morgan fingerprint density at radius 3 is 2.06 bits per heavy atom. The maximum absolute atomic E-state index is 4.76. The molecule has 0 saturated carbocycles. The van der Waals surface area contributed by atoms with Gasteiger partial charge in [-0.15, -0.1) is 0 Å². The first-order valence-electron chi connectivity index (χ1n) is 12.7. The van der Waals surface area contributed by atoms with Crippen LogP contribution in [0, 0.1) is 0 Å². The molecule has 0 bridgehead atoms. The summed E-state index contributed by atoms with van der Waals surface area (Å²) in [7, 11) is 0. The highest BCUT2D eigenvalue weighted by Gasteiger charge is 2.22. The number of hydrogen-bond donors (Lipinski definition) is 0. The van der Waals surface area contributed by atoms with E-state index in [1.54, 1.807) is 0 Å². The van der Waals surface area contributed by atoms with E-state index in [9.17, 15) is 0 Å². The molecule has 1 aromatic heterocycles. The Morgan fingerprint density at radius 1 is 0.800 bits per heavy atom. The summed E-state index contributed by atoms with van der Waals surface area (Å²) in [5.74, 6) is 2.17. The molecular formula is C33H34N2. The summed E-state index contributed by atoms with van der Waals surface area (Å²) in [6.45, 7) is 9.18. The van der Waals surface area contributed by atoms with Gasteiger partial charge in [0, 0.05) is 23.9 Å². The molecule has 4 aromatic rings. The molecule has 0 N–H and O–H groups in total. The van der Waals surface area contributed by atoms with E-state index in [4.69, 9.17) is 4.98 Å². The first-order chi connectivity index (χ1) is 17.0. The topological polar surface area (TPSA) is 17.8 Å². The van der Waals surface area contributed by atoms with Gasteiger partial charge >= 0.3 is 0 Å². The fourth-order valence-electron chi connectivity index (χ4n) is 5.10. The largest absolute Gasteiger partial charge is 0.299 e. The molecule has 1 unspecified atom stereocenters. The summed E-state index contributed by atoms with van der Waals surface area (Å²) in [4.78, 5) is 4.76. The van der Waals surface area contributed by atoms with Gasteiger partial charge in [-0.3, -0.25) is 4.57 Å². The Bertz CT molecular complexity index is 1330. The maximum Gasteiger partial charge on any atom is 0.144 e. The van der Waals surface area contributed by atoms with Gasteiger partial charge in [-0.05, 0) is 58.2 Å². The number of imidazole rings is 1. The van der Waals surface area contributed by atoms with E-state index in [-0.39, 0.29) is 0 Å². The van der Waals surface area contributed by atoms with Gasteiger partial charge in [-0.2, -0.15) is 0 Å². The number of aromatic nitrogens is 2. The Morgan fingerprint density at radius 2 is 1.43 bits per heavy atom. The van der Waals surface area contributed by atoms with E-state index in [1.165, 1.54) is 33.5 Å². The summed E-state index contributed by atoms with van der Waals surface area (Å²) < 4.78 is 2.29.